The van der Waals surface area contributed by atoms with E-state index in [9.17, 15) is 4.79 Å². The molecule has 2 aromatic rings. The summed E-state index contributed by atoms with van der Waals surface area (Å²) in [5.74, 6) is 1.34. The summed E-state index contributed by atoms with van der Waals surface area (Å²) in [6.07, 6.45) is 2.20. The molecule has 0 bridgehead atoms. The van der Waals surface area contributed by atoms with Crippen LogP contribution >= 0.6 is 11.3 Å². The summed E-state index contributed by atoms with van der Waals surface area (Å²) in [4.78, 5) is 15.0. The Kier molecular flexibility index (Phi) is 4.90. The summed E-state index contributed by atoms with van der Waals surface area (Å²) < 4.78 is 16.9. The molecule has 0 unspecified atom stereocenters. The Bertz CT molecular complexity index is 725. The van der Waals surface area contributed by atoms with Crippen LogP contribution in [-0.4, -0.2) is 43.3 Å². The van der Waals surface area contributed by atoms with Gasteiger partial charge in [0.2, 0.25) is 0 Å². The summed E-state index contributed by atoms with van der Waals surface area (Å²) in [5, 5.41) is 4.12. The largest absolute Gasteiger partial charge is 0.486 e. The van der Waals surface area contributed by atoms with Crippen molar-refractivity contribution in [2.45, 2.75) is 25.5 Å². The summed E-state index contributed by atoms with van der Waals surface area (Å²) >= 11 is 1.64. The number of fused-ring (bicyclic) bond motifs is 1. The number of ether oxygens (including phenoxy) is 3. The first-order chi connectivity index (χ1) is 12.3. The van der Waals surface area contributed by atoms with Crippen molar-refractivity contribution in [3.05, 3.63) is 46.2 Å². The van der Waals surface area contributed by atoms with Crippen LogP contribution in [0.4, 0.5) is 0 Å². The van der Waals surface area contributed by atoms with Crippen molar-refractivity contribution in [3.63, 3.8) is 0 Å². The van der Waals surface area contributed by atoms with Gasteiger partial charge in [0.15, 0.2) is 11.5 Å². The lowest BCUT2D eigenvalue weighted by atomic mass is 10.1. The molecule has 2 aliphatic heterocycles. The molecular formula is C19H21NO4S. The summed E-state index contributed by atoms with van der Waals surface area (Å²) in [5.41, 5.74) is 1.77. The van der Waals surface area contributed by atoms with E-state index in [0.717, 1.165) is 25.0 Å². The number of carbonyl (C=O) groups is 1. The molecular weight excluding hydrogens is 338 g/mol. The minimum atomic E-state index is -0.00123. The Morgan fingerprint density at radius 2 is 2.04 bits per heavy atom. The van der Waals surface area contributed by atoms with Crippen molar-refractivity contribution < 1.29 is 19.0 Å². The van der Waals surface area contributed by atoms with E-state index >= 15 is 0 Å². The maximum Gasteiger partial charge on any atom is 0.254 e. The van der Waals surface area contributed by atoms with E-state index in [4.69, 9.17) is 14.2 Å². The van der Waals surface area contributed by atoms with Crippen molar-refractivity contribution in [2.24, 2.45) is 0 Å². The minimum absolute atomic E-state index is 0.00123. The van der Waals surface area contributed by atoms with Crippen molar-refractivity contribution in [1.29, 1.82) is 0 Å². The van der Waals surface area contributed by atoms with Gasteiger partial charge in [-0.15, -0.1) is 0 Å². The van der Waals surface area contributed by atoms with E-state index in [1.807, 2.05) is 22.4 Å². The smallest absolute Gasteiger partial charge is 0.254 e. The summed E-state index contributed by atoms with van der Waals surface area (Å²) in [7, 11) is 0. The van der Waals surface area contributed by atoms with Gasteiger partial charge in [0.25, 0.3) is 5.91 Å². The molecule has 25 heavy (non-hydrogen) atoms. The second-order valence-corrected chi connectivity index (χ2v) is 7.09. The van der Waals surface area contributed by atoms with E-state index in [1.165, 1.54) is 0 Å². The molecule has 0 radical (unpaired) electrons. The molecule has 1 aromatic heterocycles. The van der Waals surface area contributed by atoms with Crippen LogP contribution in [0.1, 0.15) is 28.8 Å². The molecule has 0 aliphatic carbocycles. The van der Waals surface area contributed by atoms with E-state index in [0.29, 0.717) is 43.4 Å². The third-order valence-corrected chi connectivity index (χ3v) is 5.21. The number of benzene rings is 1. The van der Waals surface area contributed by atoms with Gasteiger partial charge in [0.1, 0.15) is 13.2 Å². The highest BCUT2D eigenvalue weighted by atomic mass is 32.1. The van der Waals surface area contributed by atoms with Crippen molar-refractivity contribution in [2.75, 3.05) is 26.4 Å². The number of carbonyl (C=O) groups excluding carboxylic acids is 1. The third-order valence-electron chi connectivity index (χ3n) is 4.48. The molecule has 5 nitrogen and oxygen atoms in total. The number of hydrogen-bond donors (Lipinski definition) is 0. The topological polar surface area (TPSA) is 48.0 Å². The lowest BCUT2D eigenvalue weighted by Gasteiger charge is -2.26. The van der Waals surface area contributed by atoms with Crippen LogP contribution in [-0.2, 0) is 11.3 Å². The molecule has 0 N–H and O–H groups in total. The van der Waals surface area contributed by atoms with Crippen molar-refractivity contribution in [1.82, 2.24) is 4.90 Å². The molecule has 132 valence electrons. The van der Waals surface area contributed by atoms with Crippen LogP contribution in [0.3, 0.4) is 0 Å². The zero-order chi connectivity index (χ0) is 17.1. The number of hydrogen-bond acceptors (Lipinski definition) is 5. The standard InChI is InChI=1S/C19H21NO4S/c21-19(15-3-4-17-18(10-15)24-8-7-23-17)20(11-14-5-9-25-13-14)12-16-2-1-6-22-16/h3-5,9-10,13,16H,1-2,6-8,11-12H2/t16-/m0/s1. The fourth-order valence-electron chi connectivity index (χ4n) is 3.22. The van der Waals surface area contributed by atoms with Crippen LogP contribution in [0, 0.1) is 0 Å². The Balaban J connectivity index is 1.55. The molecule has 6 heteroatoms. The van der Waals surface area contributed by atoms with Gasteiger partial charge in [-0.2, -0.15) is 11.3 Å². The number of thiophene rings is 1. The predicted octanol–water partition coefficient (Wildman–Crippen LogP) is 3.34. The molecule has 1 atom stereocenters. The highest BCUT2D eigenvalue weighted by Gasteiger charge is 2.25. The van der Waals surface area contributed by atoms with Crippen LogP contribution < -0.4 is 9.47 Å². The van der Waals surface area contributed by atoms with Gasteiger partial charge in [-0.05, 0) is 53.4 Å². The van der Waals surface area contributed by atoms with Gasteiger partial charge < -0.3 is 19.1 Å². The Labute approximate surface area is 151 Å². The molecule has 1 saturated heterocycles. The van der Waals surface area contributed by atoms with E-state index in [-0.39, 0.29) is 12.0 Å². The van der Waals surface area contributed by atoms with Gasteiger partial charge in [-0.25, -0.2) is 0 Å². The molecule has 1 amide bonds. The first-order valence-electron chi connectivity index (χ1n) is 8.61. The second kappa shape index (κ2) is 7.45. The average molecular weight is 359 g/mol. The van der Waals surface area contributed by atoms with Crippen LogP contribution in [0.5, 0.6) is 11.5 Å². The van der Waals surface area contributed by atoms with Gasteiger partial charge in [0.05, 0.1) is 6.10 Å². The summed E-state index contributed by atoms with van der Waals surface area (Å²) in [6.45, 7) is 3.05. The predicted molar refractivity (Wildman–Crippen MR) is 95.5 cm³/mol. The zero-order valence-corrected chi connectivity index (χ0v) is 14.8. The quantitative estimate of drug-likeness (QED) is 0.821. The molecule has 3 heterocycles. The zero-order valence-electron chi connectivity index (χ0n) is 14.0. The van der Waals surface area contributed by atoms with Gasteiger partial charge in [-0.3, -0.25) is 4.79 Å². The lowest BCUT2D eigenvalue weighted by Crippen LogP contribution is -2.37. The number of nitrogens with zero attached hydrogens (tertiary/aromatic N) is 1. The van der Waals surface area contributed by atoms with Crippen LogP contribution in [0.25, 0.3) is 0 Å². The van der Waals surface area contributed by atoms with Gasteiger partial charge in [-0.1, -0.05) is 0 Å². The first-order valence-corrected chi connectivity index (χ1v) is 9.55. The van der Waals surface area contributed by atoms with E-state index in [2.05, 4.69) is 11.4 Å². The first kappa shape index (κ1) is 16.4. The lowest BCUT2D eigenvalue weighted by molar-refractivity contribution is 0.0507. The molecule has 4 rings (SSSR count). The Morgan fingerprint density at radius 1 is 1.16 bits per heavy atom. The molecule has 0 spiro atoms. The Hall–Kier alpha value is -2.05. The van der Waals surface area contributed by atoms with E-state index in [1.54, 1.807) is 17.4 Å². The van der Waals surface area contributed by atoms with Gasteiger partial charge in [0, 0.05) is 25.3 Å². The molecule has 0 saturated carbocycles. The molecule has 1 aromatic carbocycles. The second-order valence-electron chi connectivity index (χ2n) is 6.31. The SMILES string of the molecule is O=C(c1ccc2c(c1)OCCO2)N(Cc1ccsc1)C[C@@H]1CCCO1. The summed E-state index contributed by atoms with van der Waals surface area (Å²) in [6, 6.07) is 7.47. The fourth-order valence-corrected chi connectivity index (χ4v) is 3.88. The number of rotatable bonds is 5. The normalized spacial score (nSPS) is 19.0. The van der Waals surface area contributed by atoms with E-state index < -0.39 is 0 Å². The van der Waals surface area contributed by atoms with Crippen molar-refractivity contribution >= 4 is 17.2 Å². The maximum absolute atomic E-state index is 13.1. The number of amides is 1. The minimum Gasteiger partial charge on any atom is -0.486 e. The average Bonchev–Trinajstić information content (AvgIpc) is 3.34. The maximum atomic E-state index is 13.1. The highest BCUT2D eigenvalue weighted by molar-refractivity contribution is 7.07. The third kappa shape index (κ3) is 3.80. The molecule has 2 aliphatic rings. The fraction of sp³-hybridized carbons (Fsp3) is 0.421. The van der Waals surface area contributed by atoms with Gasteiger partial charge >= 0.3 is 0 Å². The van der Waals surface area contributed by atoms with Crippen molar-refractivity contribution in [3.8, 4) is 11.5 Å². The molecule has 1 fully saturated rings. The monoisotopic (exact) mass is 359 g/mol. The Morgan fingerprint density at radius 3 is 2.80 bits per heavy atom. The van der Waals surface area contributed by atoms with Crippen LogP contribution in [0.15, 0.2) is 35.0 Å². The van der Waals surface area contributed by atoms with Crippen LogP contribution in [0.2, 0.25) is 0 Å². The highest BCUT2D eigenvalue weighted by Crippen LogP contribution is 2.31.